The van der Waals surface area contributed by atoms with Gasteiger partial charge in [-0.1, -0.05) is 0 Å². The molecule has 1 unspecified atom stereocenters. The van der Waals surface area contributed by atoms with Crippen LogP contribution in [-0.2, 0) is 22.6 Å². The minimum Gasteiger partial charge on any atom is -0.475 e. The second-order valence-corrected chi connectivity index (χ2v) is 6.26. The van der Waals surface area contributed by atoms with Gasteiger partial charge in [-0.2, -0.15) is 23.4 Å². The fourth-order valence-electron chi connectivity index (χ4n) is 2.80. The van der Waals surface area contributed by atoms with Crippen molar-refractivity contribution >= 4 is 11.8 Å². The number of hydrogen-bond donors (Lipinski definition) is 1. The molecule has 3 rings (SSSR count). The van der Waals surface area contributed by atoms with Crippen molar-refractivity contribution < 1.29 is 27.8 Å². The summed E-state index contributed by atoms with van der Waals surface area (Å²) in [6.45, 7) is 7.30. The number of carboxylic acids is 1. The van der Waals surface area contributed by atoms with Gasteiger partial charge in [-0.15, -0.1) is 5.10 Å². The minimum atomic E-state index is -5.08. The van der Waals surface area contributed by atoms with Gasteiger partial charge in [0.2, 0.25) is 0 Å². The second kappa shape index (κ2) is 9.00. The zero-order valence-electron chi connectivity index (χ0n) is 15.8. The number of aromatic nitrogens is 4. The van der Waals surface area contributed by atoms with Gasteiger partial charge in [0.05, 0.1) is 18.0 Å². The first-order valence-electron chi connectivity index (χ1n) is 8.56. The lowest BCUT2D eigenvalue weighted by molar-refractivity contribution is -0.192. The predicted molar refractivity (Wildman–Crippen MR) is 94.0 cm³/mol. The molecule has 0 saturated carbocycles. The third-order valence-corrected chi connectivity index (χ3v) is 4.10. The summed E-state index contributed by atoms with van der Waals surface area (Å²) in [6.07, 6.45) is -2.95. The number of rotatable bonds is 4. The number of hydrogen-bond acceptors (Lipinski definition) is 6. The molecular formula is C17H22F3N5O3. The molecule has 0 aromatic carbocycles. The summed E-state index contributed by atoms with van der Waals surface area (Å²) < 4.78 is 39.1. The normalized spacial score (nSPS) is 16.2. The van der Waals surface area contributed by atoms with E-state index in [2.05, 4.69) is 33.3 Å². The van der Waals surface area contributed by atoms with Crippen molar-refractivity contribution in [1.82, 2.24) is 20.0 Å². The van der Waals surface area contributed by atoms with Gasteiger partial charge in [0.15, 0.2) is 5.82 Å². The summed E-state index contributed by atoms with van der Waals surface area (Å²) >= 11 is 0. The van der Waals surface area contributed by atoms with E-state index >= 15 is 0 Å². The molecule has 11 heteroatoms. The van der Waals surface area contributed by atoms with Crippen molar-refractivity contribution in [3.05, 3.63) is 35.3 Å². The van der Waals surface area contributed by atoms with Crippen LogP contribution in [0.15, 0.2) is 18.3 Å². The van der Waals surface area contributed by atoms with Crippen molar-refractivity contribution in [2.75, 3.05) is 25.2 Å². The summed E-state index contributed by atoms with van der Waals surface area (Å²) in [5.74, 6) is -1.57. The summed E-state index contributed by atoms with van der Waals surface area (Å²) in [7, 11) is 1.74. The Morgan fingerprint density at radius 2 is 2.04 bits per heavy atom. The van der Waals surface area contributed by atoms with Gasteiger partial charge >= 0.3 is 12.1 Å². The number of fused-ring (bicyclic) bond motifs is 1. The fourth-order valence-corrected chi connectivity index (χ4v) is 2.80. The predicted octanol–water partition coefficient (Wildman–Crippen LogP) is 2.38. The van der Waals surface area contributed by atoms with E-state index in [9.17, 15) is 13.2 Å². The molecule has 0 radical (unpaired) electrons. The number of carboxylic acid groups (broad SMARTS) is 1. The van der Waals surface area contributed by atoms with E-state index in [1.807, 2.05) is 23.7 Å². The first kappa shape index (κ1) is 21.6. The standard InChI is InChI=1S/C15H21N5O.C2HF3O2/c1-4-20-9-12-7-19(14-6-5-11(2)16-17-14)8-13(10-21-3)15(12)18-20;3-2(4,5)1(6)7/h5-6,9,13H,4,7-8,10H2,1-3H3;(H,6,7). The average molecular weight is 401 g/mol. The van der Waals surface area contributed by atoms with Gasteiger partial charge in [-0.25, -0.2) is 4.79 Å². The van der Waals surface area contributed by atoms with Crippen LogP contribution in [0.1, 0.15) is 29.8 Å². The first-order valence-corrected chi connectivity index (χ1v) is 8.56. The van der Waals surface area contributed by atoms with Gasteiger partial charge in [0.1, 0.15) is 0 Å². The summed E-state index contributed by atoms with van der Waals surface area (Å²) in [5, 5.41) is 20.3. The maximum atomic E-state index is 10.6. The van der Waals surface area contributed by atoms with E-state index in [4.69, 9.17) is 14.6 Å². The largest absolute Gasteiger partial charge is 0.490 e. The maximum absolute atomic E-state index is 10.6. The van der Waals surface area contributed by atoms with E-state index in [-0.39, 0.29) is 5.92 Å². The molecule has 8 nitrogen and oxygen atoms in total. The lowest BCUT2D eigenvalue weighted by Crippen LogP contribution is -2.35. The Kier molecular flexibility index (Phi) is 6.95. The molecule has 2 aromatic heterocycles. The molecule has 154 valence electrons. The fraction of sp³-hybridized carbons (Fsp3) is 0.529. The number of anilines is 1. The highest BCUT2D eigenvalue weighted by atomic mass is 19.4. The highest BCUT2D eigenvalue weighted by molar-refractivity contribution is 5.73. The molecule has 1 aliphatic heterocycles. The molecule has 1 atom stereocenters. The SMILES string of the molecule is CCn1cc2c(n1)C(COC)CN(c1ccc(C)nn1)C2.O=C(O)C(F)(F)F. The van der Waals surface area contributed by atoms with Gasteiger partial charge in [0.25, 0.3) is 0 Å². The molecule has 0 amide bonds. The molecular weight excluding hydrogens is 379 g/mol. The van der Waals surface area contributed by atoms with Crippen molar-refractivity contribution in [2.45, 2.75) is 39.0 Å². The smallest absolute Gasteiger partial charge is 0.475 e. The van der Waals surface area contributed by atoms with Gasteiger partial charge in [-0.3, -0.25) is 4.68 Å². The number of alkyl halides is 3. The van der Waals surface area contributed by atoms with Gasteiger partial charge < -0.3 is 14.7 Å². The van der Waals surface area contributed by atoms with Crippen LogP contribution < -0.4 is 4.90 Å². The highest BCUT2D eigenvalue weighted by Crippen LogP contribution is 2.29. The number of aliphatic carboxylic acids is 1. The summed E-state index contributed by atoms with van der Waals surface area (Å²) in [6, 6.07) is 4.03. The van der Waals surface area contributed by atoms with E-state index in [0.717, 1.165) is 36.8 Å². The molecule has 0 saturated heterocycles. The molecule has 1 N–H and O–H groups in total. The van der Waals surface area contributed by atoms with E-state index < -0.39 is 12.1 Å². The van der Waals surface area contributed by atoms with Crippen molar-refractivity contribution in [2.24, 2.45) is 0 Å². The third kappa shape index (κ3) is 5.41. The second-order valence-electron chi connectivity index (χ2n) is 6.26. The van der Waals surface area contributed by atoms with Gasteiger partial charge in [0, 0.05) is 44.4 Å². The van der Waals surface area contributed by atoms with Crippen LogP contribution in [0.25, 0.3) is 0 Å². The first-order chi connectivity index (χ1) is 13.2. The topological polar surface area (TPSA) is 93.4 Å². The van der Waals surface area contributed by atoms with Crippen LogP contribution in [0.4, 0.5) is 19.0 Å². The van der Waals surface area contributed by atoms with Gasteiger partial charge in [-0.05, 0) is 26.0 Å². The maximum Gasteiger partial charge on any atom is 0.490 e. The molecule has 0 aliphatic carbocycles. The lowest BCUT2D eigenvalue weighted by atomic mass is 9.97. The molecule has 3 heterocycles. The van der Waals surface area contributed by atoms with Crippen LogP contribution in [0.2, 0.25) is 0 Å². The quantitative estimate of drug-likeness (QED) is 0.841. The lowest BCUT2D eigenvalue weighted by Gasteiger charge is -2.32. The molecule has 2 aromatic rings. The third-order valence-electron chi connectivity index (χ3n) is 4.10. The van der Waals surface area contributed by atoms with Crippen molar-refractivity contribution in [1.29, 1.82) is 0 Å². The number of carbonyl (C=O) groups is 1. The van der Waals surface area contributed by atoms with E-state index in [1.165, 1.54) is 5.56 Å². The van der Waals surface area contributed by atoms with Crippen LogP contribution in [0.5, 0.6) is 0 Å². The highest BCUT2D eigenvalue weighted by Gasteiger charge is 2.38. The molecule has 0 spiro atoms. The summed E-state index contributed by atoms with van der Waals surface area (Å²) in [5.41, 5.74) is 3.35. The molecule has 0 fully saturated rings. The Labute approximate surface area is 159 Å². The van der Waals surface area contributed by atoms with Crippen LogP contribution in [-0.4, -0.2) is 57.5 Å². The molecule has 28 heavy (non-hydrogen) atoms. The number of nitrogens with zero attached hydrogens (tertiary/aromatic N) is 5. The monoisotopic (exact) mass is 401 g/mol. The number of halogens is 3. The van der Waals surface area contributed by atoms with E-state index in [1.54, 1.807) is 7.11 Å². The molecule has 0 bridgehead atoms. The number of aryl methyl sites for hydroxylation is 2. The van der Waals surface area contributed by atoms with Crippen LogP contribution >= 0.6 is 0 Å². The van der Waals surface area contributed by atoms with Crippen LogP contribution in [0, 0.1) is 6.92 Å². The average Bonchev–Trinajstić information content (AvgIpc) is 3.06. The number of ether oxygens (including phenoxy) is 1. The zero-order valence-corrected chi connectivity index (χ0v) is 15.8. The van der Waals surface area contributed by atoms with E-state index in [0.29, 0.717) is 6.61 Å². The Morgan fingerprint density at radius 3 is 2.54 bits per heavy atom. The van der Waals surface area contributed by atoms with Crippen LogP contribution in [0.3, 0.4) is 0 Å². The Morgan fingerprint density at radius 1 is 1.36 bits per heavy atom. The summed E-state index contributed by atoms with van der Waals surface area (Å²) in [4.78, 5) is 11.1. The minimum absolute atomic E-state index is 0.273. The Balaban J connectivity index is 0.000000345. The number of methoxy groups -OCH3 is 1. The Bertz CT molecular complexity index is 792. The zero-order chi connectivity index (χ0) is 20.9. The van der Waals surface area contributed by atoms with Crippen molar-refractivity contribution in [3.63, 3.8) is 0 Å². The molecule has 1 aliphatic rings. The van der Waals surface area contributed by atoms with Crippen molar-refractivity contribution in [3.8, 4) is 0 Å². The Hall–Kier alpha value is -2.69.